The molecule has 0 saturated heterocycles. The molecule has 5 rings (SSSR count). The molecule has 4 aromatic carbocycles. The number of rotatable bonds is 7. The van der Waals surface area contributed by atoms with E-state index in [4.69, 9.17) is 0 Å². The SMILES string of the molecule is Cc1cc(C)cc(P(CC2C=CC=C2P(c2ccccc2)c2ccccc2)c2cc(C)cc(C)c2)c1. The molecule has 1 atom stereocenters. The molecule has 180 valence electrons. The van der Waals surface area contributed by atoms with Crippen molar-refractivity contribution in [2.24, 2.45) is 5.92 Å². The van der Waals surface area contributed by atoms with Crippen LogP contribution in [0.4, 0.5) is 0 Å². The molecule has 1 aliphatic carbocycles. The molecule has 0 radical (unpaired) electrons. The minimum absolute atomic E-state index is 0.435. The number of hydrogen-bond donors (Lipinski definition) is 0. The van der Waals surface area contributed by atoms with Crippen molar-refractivity contribution in [2.75, 3.05) is 6.16 Å². The first-order chi connectivity index (χ1) is 17.5. The first-order valence-electron chi connectivity index (χ1n) is 12.7. The third kappa shape index (κ3) is 5.62. The van der Waals surface area contributed by atoms with E-state index in [0.717, 1.165) is 6.16 Å². The number of aryl methyl sites for hydroxylation is 4. The molecule has 0 fully saturated rings. The van der Waals surface area contributed by atoms with Crippen molar-refractivity contribution in [3.05, 3.63) is 143 Å². The molecule has 0 aliphatic heterocycles. The minimum Gasteiger partial charge on any atom is -0.0766 e. The van der Waals surface area contributed by atoms with Gasteiger partial charge in [-0.1, -0.05) is 138 Å². The van der Waals surface area contributed by atoms with E-state index in [1.165, 1.54) is 43.5 Å². The van der Waals surface area contributed by atoms with E-state index in [9.17, 15) is 0 Å². The summed E-state index contributed by atoms with van der Waals surface area (Å²) in [6, 6.07) is 36.5. The summed E-state index contributed by atoms with van der Waals surface area (Å²) in [6.07, 6.45) is 8.31. The van der Waals surface area contributed by atoms with Gasteiger partial charge in [0.25, 0.3) is 0 Å². The molecule has 1 unspecified atom stereocenters. The van der Waals surface area contributed by atoms with Crippen molar-refractivity contribution >= 4 is 37.1 Å². The molecule has 0 bridgehead atoms. The van der Waals surface area contributed by atoms with Crippen LogP contribution in [0.2, 0.25) is 0 Å². The summed E-state index contributed by atoms with van der Waals surface area (Å²) in [5, 5.41) is 7.43. The van der Waals surface area contributed by atoms with Crippen molar-refractivity contribution < 1.29 is 0 Å². The molecule has 0 amide bonds. The highest BCUT2D eigenvalue weighted by molar-refractivity contribution is 7.77. The van der Waals surface area contributed by atoms with Gasteiger partial charge in [0.05, 0.1) is 0 Å². The molecule has 0 nitrogen and oxygen atoms in total. The molecule has 0 N–H and O–H groups in total. The Morgan fingerprint density at radius 2 is 1.00 bits per heavy atom. The Morgan fingerprint density at radius 3 is 1.44 bits per heavy atom. The molecular weight excluding hydrogens is 470 g/mol. The fraction of sp³-hybridized carbons (Fsp3) is 0.176. The van der Waals surface area contributed by atoms with Gasteiger partial charge in [-0.3, -0.25) is 0 Å². The lowest BCUT2D eigenvalue weighted by Gasteiger charge is -2.29. The van der Waals surface area contributed by atoms with Crippen molar-refractivity contribution in [1.29, 1.82) is 0 Å². The van der Waals surface area contributed by atoms with E-state index in [2.05, 4.69) is 143 Å². The van der Waals surface area contributed by atoms with Gasteiger partial charge in [0, 0.05) is 5.92 Å². The van der Waals surface area contributed by atoms with Gasteiger partial charge < -0.3 is 0 Å². The molecule has 0 saturated carbocycles. The minimum atomic E-state index is -0.576. The monoisotopic (exact) mass is 504 g/mol. The maximum absolute atomic E-state index is 2.46. The van der Waals surface area contributed by atoms with E-state index in [1.54, 1.807) is 5.31 Å². The van der Waals surface area contributed by atoms with Gasteiger partial charge in [-0.25, -0.2) is 0 Å². The zero-order valence-electron chi connectivity index (χ0n) is 21.6. The third-order valence-electron chi connectivity index (χ3n) is 6.69. The first-order valence-corrected chi connectivity index (χ1v) is 15.6. The lowest BCUT2D eigenvalue weighted by molar-refractivity contribution is 0.951. The maximum Gasteiger partial charge on any atom is 0.00770 e. The molecule has 0 spiro atoms. The fourth-order valence-corrected chi connectivity index (χ4v) is 10.9. The summed E-state index contributed by atoms with van der Waals surface area (Å²) in [4.78, 5) is 0. The van der Waals surface area contributed by atoms with Gasteiger partial charge in [-0.15, -0.1) is 0 Å². The fourth-order valence-electron chi connectivity index (χ4n) is 5.28. The molecular formula is C34H34P2. The summed E-state index contributed by atoms with van der Waals surface area (Å²) in [7, 11) is -1.07. The molecule has 0 heterocycles. The second-order valence-corrected chi connectivity index (χ2v) is 14.4. The highest BCUT2D eigenvalue weighted by Gasteiger charge is 2.29. The Balaban J connectivity index is 1.57. The molecule has 4 aromatic rings. The average molecular weight is 505 g/mol. The molecule has 2 heteroatoms. The summed E-state index contributed by atoms with van der Waals surface area (Å²) in [6.45, 7) is 8.93. The normalized spacial score (nSPS) is 15.1. The summed E-state index contributed by atoms with van der Waals surface area (Å²) < 4.78 is 0. The van der Waals surface area contributed by atoms with Crippen LogP contribution in [0.1, 0.15) is 22.3 Å². The zero-order valence-corrected chi connectivity index (χ0v) is 23.4. The van der Waals surface area contributed by atoms with Crippen LogP contribution in [0.3, 0.4) is 0 Å². The highest BCUT2D eigenvalue weighted by Crippen LogP contribution is 2.52. The Kier molecular flexibility index (Phi) is 7.67. The van der Waals surface area contributed by atoms with Crippen LogP contribution < -0.4 is 21.2 Å². The largest absolute Gasteiger partial charge is 0.0766 e. The van der Waals surface area contributed by atoms with Gasteiger partial charge in [0.2, 0.25) is 0 Å². The van der Waals surface area contributed by atoms with Gasteiger partial charge in [-0.05, 0) is 76.2 Å². The van der Waals surface area contributed by atoms with Crippen molar-refractivity contribution in [3.63, 3.8) is 0 Å². The second-order valence-electron chi connectivity index (χ2n) is 9.89. The highest BCUT2D eigenvalue weighted by atomic mass is 31.1. The topological polar surface area (TPSA) is 0 Å². The predicted molar refractivity (Wildman–Crippen MR) is 163 cm³/mol. The van der Waals surface area contributed by atoms with E-state index >= 15 is 0 Å². The van der Waals surface area contributed by atoms with Crippen LogP contribution in [0, 0.1) is 33.6 Å². The quantitative estimate of drug-likeness (QED) is 0.228. The van der Waals surface area contributed by atoms with Gasteiger partial charge in [0.15, 0.2) is 0 Å². The molecule has 0 aromatic heterocycles. The lowest BCUT2D eigenvalue weighted by Crippen LogP contribution is -2.21. The van der Waals surface area contributed by atoms with E-state index in [-0.39, 0.29) is 0 Å². The van der Waals surface area contributed by atoms with Crippen molar-refractivity contribution in [2.45, 2.75) is 27.7 Å². The second kappa shape index (κ2) is 11.1. The lowest BCUT2D eigenvalue weighted by atomic mass is 10.2. The average Bonchev–Trinajstić information content (AvgIpc) is 3.30. The van der Waals surface area contributed by atoms with Gasteiger partial charge in [0.1, 0.15) is 0 Å². The summed E-state index contributed by atoms with van der Waals surface area (Å²) in [5.74, 6) is 0.435. The Hall–Kier alpha value is -2.78. The van der Waals surface area contributed by atoms with Crippen LogP contribution in [0.15, 0.2) is 121 Å². The van der Waals surface area contributed by atoms with Crippen LogP contribution in [0.25, 0.3) is 0 Å². The maximum atomic E-state index is 2.46. The van der Waals surface area contributed by atoms with Crippen LogP contribution in [-0.4, -0.2) is 6.16 Å². The Morgan fingerprint density at radius 1 is 0.556 bits per heavy atom. The predicted octanol–water partition coefficient (Wildman–Crippen LogP) is 7.56. The van der Waals surface area contributed by atoms with Crippen molar-refractivity contribution in [1.82, 2.24) is 0 Å². The number of allylic oxidation sites excluding steroid dienone is 4. The molecule has 1 aliphatic rings. The van der Waals surface area contributed by atoms with E-state index < -0.39 is 15.8 Å². The zero-order chi connectivity index (χ0) is 25.1. The van der Waals surface area contributed by atoms with Gasteiger partial charge in [-0.2, -0.15) is 0 Å². The van der Waals surface area contributed by atoms with Gasteiger partial charge >= 0.3 is 0 Å². The first kappa shape index (κ1) is 24.9. The Bertz CT molecular complexity index is 1270. The number of benzene rings is 4. The standard InChI is InChI=1S/C34H34P2/c1-25-18-26(2)21-32(20-25)35(33-22-27(3)19-28(4)23-33)24-29-12-11-17-34(29)36(30-13-7-5-8-14-30)31-15-9-6-10-16-31/h5-23,29H,24H2,1-4H3. The van der Waals surface area contributed by atoms with E-state index in [1.807, 2.05) is 0 Å². The smallest absolute Gasteiger partial charge is 0.00770 e. The molecule has 36 heavy (non-hydrogen) atoms. The van der Waals surface area contributed by atoms with Crippen LogP contribution in [-0.2, 0) is 0 Å². The summed E-state index contributed by atoms with van der Waals surface area (Å²) in [5.41, 5.74) is 5.43. The number of hydrogen-bond acceptors (Lipinski definition) is 0. The third-order valence-corrected chi connectivity index (χ3v) is 11.8. The van der Waals surface area contributed by atoms with Crippen LogP contribution in [0.5, 0.6) is 0 Å². The van der Waals surface area contributed by atoms with Crippen LogP contribution >= 0.6 is 15.8 Å². The van der Waals surface area contributed by atoms with E-state index in [0.29, 0.717) is 5.92 Å². The summed E-state index contributed by atoms with van der Waals surface area (Å²) >= 11 is 0. The van der Waals surface area contributed by atoms with Crippen molar-refractivity contribution in [3.8, 4) is 0 Å². The Labute approximate surface area is 219 Å².